The molecule has 1 aromatic heterocycles. The minimum atomic E-state index is -0.0607. The second-order valence-electron chi connectivity index (χ2n) is 5.40. The van der Waals surface area contributed by atoms with Gasteiger partial charge in [0.15, 0.2) is 0 Å². The predicted octanol–water partition coefficient (Wildman–Crippen LogP) is 1.51. The van der Waals surface area contributed by atoms with E-state index in [0.717, 1.165) is 23.6 Å². The highest BCUT2D eigenvalue weighted by atomic mass is 16.5. The summed E-state index contributed by atoms with van der Waals surface area (Å²) in [5.41, 5.74) is 2.35. The average molecular weight is 300 g/mol. The molecule has 2 N–H and O–H groups in total. The molecule has 1 aliphatic rings. The lowest BCUT2D eigenvalue weighted by molar-refractivity contribution is 0.0625. The minimum Gasteiger partial charge on any atom is -0.496 e. The van der Waals surface area contributed by atoms with Crippen molar-refractivity contribution in [3.8, 4) is 5.75 Å². The summed E-state index contributed by atoms with van der Waals surface area (Å²) >= 11 is 0. The second kappa shape index (κ2) is 6.19. The van der Waals surface area contributed by atoms with Crippen LogP contribution in [0.1, 0.15) is 27.8 Å². The van der Waals surface area contributed by atoms with Crippen LogP contribution in [0.2, 0.25) is 0 Å². The lowest BCUT2D eigenvalue weighted by atomic mass is 10.0. The van der Waals surface area contributed by atoms with Crippen LogP contribution in [0.5, 0.6) is 5.75 Å². The molecule has 0 radical (unpaired) electrons. The highest BCUT2D eigenvalue weighted by molar-refractivity contribution is 5.92. The Morgan fingerprint density at radius 2 is 2.23 bits per heavy atom. The molecule has 1 fully saturated rings. The number of hydrogen-bond donors (Lipinski definition) is 2. The smallest absolute Gasteiger partial charge is 0.274 e. The van der Waals surface area contributed by atoms with Crippen molar-refractivity contribution in [1.29, 1.82) is 0 Å². The summed E-state index contributed by atoms with van der Waals surface area (Å²) in [6.07, 6.45) is 0. The lowest BCUT2D eigenvalue weighted by Crippen LogP contribution is -2.48. The minimum absolute atomic E-state index is 0.0539. The van der Waals surface area contributed by atoms with Crippen molar-refractivity contribution in [3.05, 3.63) is 47.3 Å². The van der Waals surface area contributed by atoms with E-state index in [-0.39, 0.29) is 11.9 Å². The molecule has 0 bridgehead atoms. The van der Waals surface area contributed by atoms with Crippen LogP contribution in [0.15, 0.2) is 30.3 Å². The van der Waals surface area contributed by atoms with Crippen molar-refractivity contribution >= 4 is 5.91 Å². The summed E-state index contributed by atoms with van der Waals surface area (Å²) in [6.45, 7) is 4.02. The van der Waals surface area contributed by atoms with Crippen LogP contribution >= 0.6 is 0 Å². The first-order chi connectivity index (χ1) is 10.7. The number of aromatic nitrogens is 2. The van der Waals surface area contributed by atoms with E-state index in [1.165, 1.54) is 0 Å². The number of H-pyrrole nitrogens is 1. The van der Waals surface area contributed by atoms with Gasteiger partial charge >= 0.3 is 0 Å². The molecular weight excluding hydrogens is 280 g/mol. The summed E-state index contributed by atoms with van der Waals surface area (Å²) < 4.78 is 5.45. The van der Waals surface area contributed by atoms with E-state index >= 15 is 0 Å². The normalized spacial score (nSPS) is 18.3. The Hall–Kier alpha value is -2.34. The van der Waals surface area contributed by atoms with Gasteiger partial charge in [-0.2, -0.15) is 5.10 Å². The number of aromatic amines is 1. The molecule has 116 valence electrons. The molecule has 1 unspecified atom stereocenters. The first-order valence-electron chi connectivity index (χ1n) is 7.37. The largest absolute Gasteiger partial charge is 0.496 e. The zero-order chi connectivity index (χ0) is 15.5. The summed E-state index contributed by atoms with van der Waals surface area (Å²) in [6, 6.07) is 9.55. The highest BCUT2D eigenvalue weighted by Gasteiger charge is 2.31. The third kappa shape index (κ3) is 2.69. The highest BCUT2D eigenvalue weighted by Crippen LogP contribution is 2.30. The fourth-order valence-corrected chi connectivity index (χ4v) is 2.84. The number of benzene rings is 1. The summed E-state index contributed by atoms with van der Waals surface area (Å²) in [5, 5.41) is 10.3. The Bertz CT molecular complexity index is 668. The zero-order valence-electron chi connectivity index (χ0n) is 12.8. The van der Waals surface area contributed by atoms with Crippen LogP contribution in [-0.4, -0.2) is 47.7 Å². The third-order valence-electron chi connectivity index (χ3n) is 3.93. The van der Waals surface area contributed by atoms with Gasteiger partial charge in [-0.3, -0.25) is 9.89 Å². The molecule has 1 saturated heterocycles. The number of methoxy groups -OCH3 is 1. The number of carbonyl (C=O) groups is 1. The molecular formula is C16H20N4O2. The van der Waals surface area contributed by atoms with E-state index in [2.05, 4.69) is 15.5 Å². The van der Waals surface area contributed by atoms with Gasteiger partial charge < -0.3 is 15.0 Å². The van der Waals surface area contributed by atoms with Crippen LogP contribution < -0.4 is 10.1 Å². The van der Waals surface area contributed by atoms with Gasteiger partial charge in [-0.05, 0) is 19.1 Å². The molecule has 3 rings (SSSR count). The van der Waals surface area contributed by atoms with Crippen LogP contribution in [0.25, 0.3) is 0 Å². The molecule has 1 aromatic carbocycles. The fourth-order valence-electron chi connectivity index (χ4n) is 2.84. The molecule has 2 aromatic rings. The van der Waals surface area contributed by atoms with Gasteiger partial charge in [0.1, 0.15) is 11.4 Å². The van der Waals surface area contributed by atoms with E-state index in [1.807, 2.05) is 36.1 Å². The van der Waals surface area contributed by atoms with E-state index in [4.69, 9.17) is 4.74 Å². The number of aryl methyl sites for hydroxylation is 1. The van der Waals surface area contributed by atoms with Crippen LogP contribution in [0.3, 0.4) is 0 Å². The Balaban J connectivity index is 1.93. The number of rotatable bonds is 3. The quantitative estimate of drug-likeness (QED) is 0.901. The molecule has 0 spiro atoms. The SMILES string of the molecule is COc1ccccc1C1CNCCN1C(=O)c1cc(C)[nH]n1. The van der Waals surface area contributed by atoms with Crippen molar-refractivity contribution in [2.45, 2.75) is 13.0 Å². The molecule has 0 aliphatic carbocycles. The number of piperazine rings is 1. The number of nitrogens with zero attached hydrogens (tertiary/aromatic N) is 2. The molecule has 1 atom stereocenters. The maximum atomic E-state index is 12.8. The van der Waals surface area contributed by atoms with Crippen molar-refractivity contribution < 1.29 is 9.53 Å². The van der Waals surface area contributed by atoms with Gasteiger partial charge in [0, 0.05) is 30.9 Å². The van der Waals surface area contributed by atoms with Crippen molar-refractivity contribution in [1.82, 2.24) is 20.4 Å². The Kier molecular flexibility index (Phi) is 4.11. The van der Waals surface area contributed by atoms with Gasteiger partial charge in [-0.1, -0.05) is 18.2 Å². The van der Waals surface area contributed by atoms with Crippen molar-refractivity contribution in [3.63, 3.8) is 0 Å². The topological polar surface area (TPSA) is 70.2 Å². The average Bonchev–Trinajstić information content (AvgIpc) is 3.00. The number of hydrogen-bond acceptors (Lipinski definition) is 4. The molecule has 1 aliphatic heterocycles. The van der Waals surface area contributed by atoms with E-state index in [0.29, 0.717) is 18.8 Å². The van der Waals surface area contributed by atoms with Crippen LogP contribution in [0.4, 0.5) is 0 Å². The van der Waals surface area contributed by atoms with Crippen LogP contribution in [-0.2, 0) is 0 Å². The Morgan fingerprint density at radius 3 is 2.95 bits per heavy atom. The van der Waals surface area contributed by atoms with E-state index in [1.54, 1.807) is 13.2 Å². The molecule has 1 amide bonds. The van der Waals surface area contributed by atoms with Crippen LogP contribution in [0, 0.1) is 6.92 Å². The van der Waals surface area contributed by atoms with Crippen molar-refractivity contribution in [2.75, 3.05) is 26.7 Å². The van der Waals surface area contributed by atoms with Gasteiger partial charge in [-0.15, -0.1) is 0 Å². The number of ether oxygens (including phenoxy) is 1. The molecule has 6 nitrogen and oxygen atoms in total. The Labute approximate surface area is 129 Å². The summed E-state index contributed by atoms with van der Waals surface area (Å²) in [7, 11) is 1.65. The monoisotopic (exact) mass is 300 g/mol. The maximum absolute atomic E-state index is 12.8. The maximum Gasteiger partial charge on any atom is 0.274 e. The molecule has 22 heavy (non-hydrogen) atoms. The van der Waals surface area contributed by atoms with Crippen molar-refractivity contribution in [2.24, 2.45) is 0 Å². The fraction of sp³-hybridized carbons (Fsp3) is 0.375. The third-order valence-corrected chi connectivity index (χ3v) is 3.93. The number of para-hydroxylation sites is 1. The molecule has 2 heterocycles. The van der Waals surface area contributed by atoms with Gasteiger partial charge in [0.25, 0.3) is 5.91 Å². The second-order valence-corrected chi connectivity index (χ2v) is 5.40. The standard InChI is InChI=1S/C16H20N4O2/c1-11-9-13(19-18-11)16(21)20-8-7-17-10-14(20)12-5-3-4-6-15(12)22-2/h3-6,9,14,17H,7-8,10H2,1-2H3,(H,18,19). The molecule has 0 saturated carbocycles. The predicted molar refractivity (Wildman–Crippen MR) is 83.0 cm³/mol. The number of nitrogens with one attached hydrogen (secondary N) is 2. The molecule has 6 heteroatoms. The van der Waals surface area contributed by atoms with E-state index < -0.39 is 0 Å². The van der Waals surface area contributed by atoms with Gasteiger partial charge in [0.2, 0.25) is 0 Å². The zero-order valence-corrected chi connectivity index (χ0v) is 12.8. The lowest BCUT2D eigenvalue weighted by Gasteiger charge is -2.36. The van der Waals surface area contributed by atoms with Gasteiger partial charge in [-0.25, -0.2) is 0 Å². The van der Waals surface area contributed by atoms with E-state index in [9.17, 15) is 4.79 Å². The number of amides is 1. The first kappa shape index (κ1) is 14.6. The Morgan fingerprint density at radius 1 is 1.41 bits per heavy atom. The summed E-state index contributed by atoms with van der Waals surface area (Å²) in [5.74, 6) is 0.744. The number of carbonyl (C=O) groups excluding carboxylic acids is 1. The first-order valence-corrected chi connectivity index (χ1v) is 7.37. The summed E-state index contributed by atoms with van der Waals surface area (Å²) in [4.78, 5) is 14.6. The van der Waals surface area contributed by atoms with Gasteiger partial charge in [0.05, 0.1) is 13.2 Å².